The van der Waals surface area contributed by atoms with Crippen LogP contribution in [0.25, 0.3) is 0 Å². The van der Waals surface area contributed by atoms with Crippen LogP contribution in [0.4, 0.5) is 0 Å². The summed E-state index contributed by atoms with van der Waals surface area (Å²) in [5.41, 5.74) is 0. The van der Waals surface area contributed by atoms with E-state index in [-0.39, 0.29) is 5.75 Å². The van der Waals surface area contributed by atoms with Crippen LogP contribution in [-0.2, 0) is 10.1 Å². The molecule has 0 amide bonds. The van der Waals surface area contributed by atoms with E-state index < -0.39 is 10.1 Å². The topological polar surface area (TPSA) is 67.3 Å². The predicted octanol–water partition coefficient (Wildman–Crippen LogP) is 3.71. The third kappa shape index (κ3) is 17.1. The lowest BCUT2D eigenvalue weighted by Gasteiger charge is -1.99. The van der Waals surface area contributed by atoms with Crippen molar-refractivity contribution in [1.29, 1.82) is 0 Å². The van der Waals surface area contributed by atoms with Gasteiger partial charge in [-0.25, -0.2) is 0 Å². The molecule has 0 fully saturated rings. The fourth-order valence-electron chi connectivity index (χ4n) is 1.55. The molecule has 0 atom stereocenters. The number of hydrogen-bond acceptors (Lipinski definition) is 3. The Morgan fingerprint density at radius 2 is 1.42 bits per heavy atom. The van der Waals surface area contributed by atoms with E-state index in [1.165, 1.54) is 25.7 Å². The fraction of sp³-hybridized carbons (Fsp3) is 0.643. The van der Waals surface area contributed by atoms with Crippen LogP contribution in [0.15, 0.2) is 30.6 Å². The van der Waals surface area contributed by atoms with Gasteiger partial charge >= 0.3 is 0 Å². The second kappa shape index (κ2) is 12.1. The summed E-state index contributed by atoms with van der Waals surface area (Å²) in [5.74, 6) is -0.0826. The molecule has 1 heterocycles. The summed E-state index contributed by atoms with van der Waals surface area (Å²) in [6.07, 6.45) is 11.0. The summed E-state index contributed by atoms with van der Waals surface area (Å²) in [6, 6.07) is 5.72. The standard InChI is InChI=1S/C9H20O3S.C5H5N/c1-2-3-4-5-6-7-8-9-13(10,11)12;1-2-4-6-5-3-1/h2-9H2,1H3,(H,10,11,12);1-5H. The highest BCUT2D eigenvalue weighted by Gasteiger charge is 2.02. The van der Waals surface area contributed by atoms with Gasteiger partial charge in [0, 0.05) is 12.4 Å². The minimum atomic E-state index is -3.72. The maximum atomic E-state index is 10.3. The second-order valence-electron chi connectivity index (χ2n) is 4.43. The largest absolute Gasteiger partial charge is 0.286 e. The predicted molar refractivity (Wildman–Crippen MR) is 78.6 cm³/mol. The molecule has 0 unspecified atom stereocenters. The number of aromatic nitrogens is 1. The lowest BCUT2D eigenvalue weighted by atomic mass is 10.1. The zero-order valence-electron chi connectivity index (χ0n) is 11.7. The van der Waals surface area contributed by atoms with Crippen molar-refractivity contribution >= 4 is 10.1 Å². The van der Waals surface area contributed by atoms with E-state index in [9.17, 15) is 8.42 Å². The van der Waals surface area contributed by atoms with Crippen LogP contribution in [0, 0.1) is 0 Å². The van der Waals surface area contributed by atoms with Gasteiger partial charge in [-0.1, -0.05) is 51.5 Å². The molecule has 0 bridgehead atoms. The molecule has 0 saturated carbocycles. The lowest BCUT2D eigenvalue weighted by Crippen LogP contribution is -2.03. The van der Waals surface area contributed by atoms with Gasteiger partial charge in [0.2, 0.25) is 0 Å². The first-order valence-corrected chi connectivity index (χ1v) is 8.47. The van der Waals surface area contributed by atoms with Crippen molar-refractivity contribution in [2.75, 3.05) is 5.75 Å². The van der Waals surface area contributed by atoms with Gasteiger partial charge in [0.15, 0.2) is 0 Å². The van der Waals surface area contributed by atoms with Crippen molar-refractivity contribution in [2.24, 2.45) is 0 Å². The van der Waals surface area contributed by atoms with Gasteiger partial charge < -0.3 is 0 Å². The van der Waals surface area contributed by atoms with Crippen LogP contribution in [0.2, 0.25) is 0 Å². The third-order valence-corrected chi connectivity index (χ3v) is 3.38. The summed E-state index contributed by atoms with van der Waals surface area (Å²) < 4.78 is 29.1. The summed E-state index contributed by atoms with van der Waals surface area (Å²) in [7, 11) is -3.72. The Hall–Kier alpha value is -0.940. The molecule has 110 valence electrons. The molecule has 0 radical (unpaired) electrons. The average molecular weight is 287 g/mol. The smallest absolute Gasteiger partial charge is 0.264 e. The van der Waals surface area contributed by atoms with Crippen molar-refractivity contribution in [2.45, 2.75) is 51.9 Å². The van der Waals surface area contributed by atoms with Crippen LogP contribution < -0.4 is 0 Å². The summed E-state index contributed by atoms with van der Waals surface area (Å²) in [4.78, 5) is 3.78. The highest BCUT2D eigenvalue weighted by atomic mass is 32.2. The monoisotopic (exact) mass is 287 g/mol. The molecule has 1 aromatic heterocycles. The van der Waals surface area contributed by atoms with E-state index in [2.05, 4.69) is 11.9 Å². The molecule has 5 heteroatoms. The summed E-state index contributed by atoms with van der Waals surface area (Å²) in [6.45, 7) is 2.17. The van der Waals surface area contributed by atoms with Crippen molar-refractivity contribution in [3.8, 4) is 0 Å². The molecule has 1 rings (SSSR count). The zero-order chi connectivity index (χ0) is 14.4. The minimum Gasteiger partial charge on any atom is -0.286 e. The molecule has 0 aliphatic heterocycles. The summed E-state index contributed by atoms with van der Waals surface area (Å²) >= 11 is 0. The Labute approximate surface area is 117 Å². The molecule has 0 aliphatic rings. The van der Waals surface area contributed by atoms with Gasteiger partial charge in [0.1, 0.15) is 0 Å². The Kier molecular flexibility index (Phi) is 11.5. The van der Waals surface area contributed by atoms with Gasteiger partial charge in [0.25, 0.3) is 10.1 Å². The third-order valence-electron chi connectivity index (χ3n) is 2.57. The molecule has 1 aromatic rings. The van der Waals surface area contributed by atoms with Crippen molar-refractivity contribution in [3.05, 3.63) is 30.6 Å². The van der Waals surface area contributed by atoms with Gasteiger partial charge in [-0.05, 0) is 18.6 Å². The van der Waals surface area contributed by atoms with E-state index >= 15 is 0 Å². The van der Waals surface area contributed by atoms with Gasteiger partial charge in [-0.15, -0.1) is 0 Å². The van der Waals surface area contributed by atoms with Crippen molar-refractivity contribution in [3.63, 3.8) is 0 Å². The Morgan fingerprint density at radius 1 is 0.895 bits per heavy atom. The average Bonchev–Trinajstić information content (AvgIpc) is 2.39. The first-order chi connectivity index (χ1) is 9.06. The molecular formula is C14H25NO3S. The highest BCUT2D eigenvalue weighted by molar-refractivity contribution is 7.85. The highest BCUT2D eigenvalue weighted by Crippen LogP contribution is 2.07. The molecular weight excluding hydrogens is 262 g/mol. The normalized spacial score (nSPS) is 10.6. The van der Waals surface area contributed by atoms with Crippen molar-refractivity contribution in [1.82, 2.24) is 4.98 Å². The van der Waals surface area contributed by atoms with Crippen LogP contribution >= 0.6 is 0 Å². The van der Waals surface area contributed by atoms with E-state index in [0.29, 0.717) is 6.42 Å². The van der Waals surface area contributed by atoms with Crippen molar-refractivity contribution < 1.29 is 13.0 Å². The Bertz CT molecular complexity index is 352. The van der Waals surface area contributed by atoms with Crippen LogP contribution in [0.3, 0.4) is 0 Å². The molecule has 19 heavy (non-hydrogen) atoms. The SMILES string of the molecule is CCCCCCCCCS(=O)(=O)O.c1ccncc1. The van der Waals surface area contributed by atoms with Gasteiger partial charge in [0.05, 0.1) is 5.75 Å². The number of rotatable bonds is 8. The summed E-state index contributed by atoms with van der Waals surface area (Å²) in [5, 5.41) is 0. The maximum Gasteiger partial charge on any atom is 0.264 e. The molecule has 0 spiro atoms. The van der Waals surface area contributed by atoms with Gasteiger partial charge in [-0.3, -0.25) is 9.54 Å². The molecule has 0 saturated heterocycles. The maximum absolute atomic E-state index is 10.3. The number of hydrogen-bond donors (Lipinski definition) is 1. The first kappa shape index (κ1) is 18.1. The van der Waals surface area contributed by atoms with Crippen LogP contribution in [0.5, 0.6) is 0 Å². The lowest BCUT2D eigenvalue weighted by molar-refractivity contribution is 0.478. The number of pyridine rings is 1. The Balaban J connectivity index is 0.000000443. The van der Waals surface area contributed by atoms with E-state index in [4.69, 9.17) is 4.55 Å². The molecule has 4 nitrogen and oxygen atoms in total. The minimum absolute atomic E-state index is 0.0826. The molecule has 0 aliphatic carbocycles. The number of unbranched alkanes of at least 4 members (excludes halogenated alkanes) is 6. The quantitative estimate of drug-likeness (QED) is 0.584. The fourth-order valence-corrected chi connectivity index (χ4v) is 2.12. The van der Waals surface area contributed by atoms with E-state index in [0.717, 1.165) is 12.8 Å². The Morgan fingerprint density at radius 3 is 1.79 bits per heavy atom. The van der Waals surface area contributed by atoms with E-state index in [1.54, 1.807) is 12.4 Å². The molecule has 1 N–H and O–H groups in total. The van der Waals surface area contributed by atoms with Gasteiger partial charge in [-0.2, -0.15) is 8.42 Å². The second-order valence-corrected chi connectivity index (χ2v) is 6.00. The molecule has 0 aromatic carbocycles. The first-order valence-electron chi connectivity index (χ1n) is 6.86. The van der Waals surface area contributed by atoms with Crippen LogP contribution in [-0.4, -0.2) is 23.7 Å². The zero-order valence-corrected chi connectivity index (χ0v) is 12.5. The number of nitrogens with zero attached hydrogens (tertiary/aromatic N) is 1. The van der Waals surface area contributed by atoms with E-state index in [1.807, 2.05) is 18.2 Å². The van der Waals surface area contributed by atoms with Crippen LogP contribution in [0.1, 0.15) is 51.9 Å².